The van der Waals surface area contributed by atoms with Gasteiger partial charge >= 0.3 is 0 Å². The normalized spacial score (nSPS) is 10.6. The van der Waals surface area contributed by atoms with E-state index in [1.54, 1.807) is 7.11 Å². The number of ether oxygens (including phenoxy) is 1. The Kier molecular flexibility index (Phi) is 4.41. The van der Waals surface area contributed by atoms with E-state index in [0.717, 1.165) is 22.2 Å². The molecule has 3 N–H and O–H groups in total. The Morgan fingerprint density at radius 1 is 1.47 bits per heavy atom. The highest BCUT2D eigenvalue weighted by Crippen LogP contribution is 2.23. The van der Waals surface area contributed by atoms with E-state index in [9.17, 15) is 4.79 Å². The Bertz CT molecular complexity index is 563. The minimum atomic E-state index is -0.0443. The highest BCUT2D eigenvalue weighted by atomic mass is 16.5. The van der Waals surface area contributed by atoms with Crippen LogP contribution in [0.15, 0.2) is 24.4 Å². The van der Waals surface area contributed by atoms with Crippen molar-refractivity contribution < 1.29 is 14.6 Å². The van der Waals surface area contributed by atoms with Gasteiger partial charge < -0.3 is 20.1 Å². The van der Waals surface area contributed by atoms with Crippen molar-refractivity contribution in [2.24, 2.45) is 0 Å². The summed E-state index contributed by atoms with van der Waals surface area (Å²) in [5.41, 5.74) is 1.93. The van der Waals surface area contributed by atoms with Gasteiger partial charge in [-0.25, -0.2) is 0 Å². The van der Waals surface area contributed by atoms with Gasteiger partial charge in [0.25, 0.3) is 0 Å². The molecule has 1 amide bonds. The van der Waals surface area contributed by atoms with E-state index < -0.39 is 0 Å². The van der Waals surface area contributed by atoms with Crippen molar-refractivity contribution in [1.29, 1.82) is 0 Å². The predicted molar refractivity (Wildman–Crippen MR) is 73.3 cm³/mol. The monoisotopic (exact) mass is 262 g/mol. The van der Waals surface area contributed by atoms with Crippen LogP contribution in [0.5, 0.6) is 5.75 Å². The number of nitrogens with one attached hydrogen (secondary N) is 2. The van der Waals surface area contributed by atoms with Gasteiger partial charge in [0.1, 0.15) is 5.75 Å². The number of benzene rings is 1. The third kappa shape index (κ3) is 3.26. The Morgan fingerprint density at radius 3 is 3.05 bits per heavy atom. The van der Waals surface area contributed by atoms with Gasteiger partial charge in [0.2, 0.25) is 5.91 Å². The minimum absolute atomic E-state index is 0.0443. The first kappa shape index (κ1) is 13.4. The molecule has 0 unspecified atom stereocenters. The Labute approximate surface area is 111 Å². The quantitative estimate of drug-likeness (QED) is 0.685. The van der Waals surface area contributed by atoms with Crippen molar-refractivity contribution in [3.8, 4) is 5.75 Å². The predicted octanol–water partition coefficient (Wildman–Crippen LogP) is 1.22. The van der Waals surface area contributed by atoms with Gasteiger partial charge in [-0.2, -0.15) is 0 Å². The molecule has 0 aliphatic rings. The van der Waals surface area contributed by atoms with Crippen LogP contribution in [0.3, 0.4) is 0 Å². The maximum Gasteiger partial charge on any atom is 0.224 e. The van der Waals surface area contributed by atoms with E-state index in [1.165, 1.54) is 0 Å². The molecule has 0 fully saturated rings. The Hall–Kier alpha value is -2.01. The summed E-state index contributed by atoms with van der Waals surface area (Å²) in [6.45, 7) is 0.589. The lowest BCUT2D eigenvalue weighted by atomic mass is 10.1. The van der Waals surface area contributed by atoms with Gasteiger partial charge in [0.15, 0.2) is 0 Å². The van der Waals surface area contributed by atoms with Gasteiger partial charge in [0, 0.05) is 30.3 Å². The first-order valence-electron chi connectivity index (χ1n) is 6.26. The molecule has 0 radical (unpaired) electrons. The molecule has 5 nitrogen and oxygen atoms in total. The maximum atomic E-state index is 11.7. The fourth-order valence-corrected chi connectivity index (χ4v) is 1.97. The van der Waals surface area contributed by atoms with Gasteiger partial charge in [-0.15, -0.1) is 0 Å². The van der Waals surface area contributed by atoms with Crippen molar-refractivity contribution >= 4 is 16.8 Å². The molecular formula is C14H18N2O3. The summed E-state index contributed by atoms with van der Waals surface area (Å²) < 4.78 is 5.19. The second-order valence-corrected chi connectivity index (χ2v) is 4.33. The second kappa shape index (κ2) is 6.24. The second-order valence-electron chi connectivity index (χ2n) is 4.33. The number of methoxy groups -OCH3 is 1. The number of amides is 1. The molecule has 0 saturated heterocycles. The molecule has 1 heterocycles. The molecule has 0 aliphatic heterocycles. The van der Waals surface area contributed by atoms with Crippen molar-refractivity contribution in [1.82, 2.24) is 10.3 Å². The van der Waals surface area contributed by atoms with Crippen LogP contribution >= 0.6 is 0 Å². The first-order valence-corrected chi connectivity index (χ1v) is 6.26. The van der Waals surface area contributed by atoms with Crippen LogP contribution in [0.2, 0.25) is 0 Å². The van der Waals surface area contributed by atoms with Crippen LogP contribution in [0.4, 0.5) is 0 Å². The molecule has 5 heteroatoms. The third-order valence-electron chi connectivity index (χ3n) is 2.98. The summed E-state index contributed by atoms with van der Waals surface area (Å²) in [6, 6.07) is 5.73. The summed E-state index contributed by atoms with van der Waals surface area (Å²) in [6.07, 6.45) is 2.74. The summed E-state index contributed by atoms with van der Waals surface area (Å²) in [4.78, 5) is 14.9. The fourth-order valence-electron chi connectivity index (χ4n) is 1.97. The molecule has 1 aromatic carbocycles. The van der Waals surface area contributed by atoms with Crippen LogP contribution in [0.25, 0.3) is 10.9 Å². The summed E-state index contributed by atoms with van der Waals surface area (Å²) in [7, 11) is 1.62. The van der Waals surface area contributed by atoms with Gasteiger partial charge in [-0.1, -0.05) is 0 Å². The number of fused-ring (bicyclic) bond motifs is 1. The number of aliphatic hydroxyl groups excluding tert-OH is 1. The van der Waals surface area contributed by atoms with Crippen molar-refractivity contribution in [2.45, 2.75) is 12.8 Å². The first-order chi connectivity index (χ1) is 9.24. The van der Waals surface area contributed by atoms with Gasteiger partial charge in [-0.3, -0.25) is 4.79 Å². The lowest BCUT2D eigenvalue weighted by Gasteiger charge is -2.04. The highest BCUT2D eigenvalue weighted by molar-refractivity contribution is 5.89. The number of aromatic nitrogens is 1. The molecule has 0 atom stereocenters. The van der Waals surface area contributed by atoms with Crippen LogP contribution in [0, 0.1) is 0 Å². The number of carbonyl (C=O) groups is 1. The molecule has 0 bridgehead atoms. The molecule has 19 heavy (non-hydrogen) atoms. The maximum absolute atomic E-state index is 11.7. The zero-order valence-corrected chi connectivity index (χ0v) is 10.9. The van der Waals surface area contributed by atoms with Crippen LogP contribution in [0.1, 0.15) is 12.0 Å². The molecule has 2 rings (SSSR count). The average Bonchev–Trinajstić information content (AvgIpc) is 2.81. The molecule has 0 spiro atoms. The smallest absolute Gasteiger partial charge is 0.224 e. The lowest BCUT2D eigenvalue weighted by Crippen LogP contribution is -2.26. The van der Waals surface area contributed by atoms with Crippen molar-refractivity contribution in [2.75, 3.05) is 20.3 Å². The van der Waals surface area contributed by atoms with Crippen LogP contribution in [-0.2, 0) is 11.2 Å². The van der Waals surface area contributed by atoms with E-state index in [4.69, 9.17) is 9.84 Å². The van der Waals surface area contributed by atoms with Gasteiger partial charge in [0.05, 0.1) is 13.5 Å². The average molecular weight is 262 g/mol. The Balaban J connectivity index is 2.09. The van der Waals surface area contributed by atoms with E-state index in [1.807, 2.05) is 24.4 Å². The van der Waals surface area contributed by atoms with Crippen molar-refractivity contribution in [3.05, 3.63) is 30.0 Å². The van der Waals surface area contributed by atoms with Crippen LogP contribution < -0.4 is 10.1 Å². The van der Waals surface area contributed by atoms with E-state index in [-0.39, 0.29) is 12.5 Å². The third-order valence-corrected chi connectivity index (χ3v) is 2.98. The number of aromatic amines is 1. The number of aliphatic hydroxyl groups is 1. The number of hydrogen-bond acceptors (Lipinski definition) is 3. The van der Waals surface area contributed by atoms with Crippen LogP contribution in [-0.4, -0.2) is 36.3 Å². The summed E-state index contributed by atoms with van der Waals surface area (Å²) >= 11 is 0. The molecule has 0 saturated carbocycles. The van der Waals surface area contributed by atoms with E-state index >= 15 is 0 Å². The molecule has 2 aromatic rings. The highest BCUT2D eigenvalue weighted by Gasteiger charge is 2.09. The standard InChI is InChI=1S/C14H18N2O3/c1-19-11-3-4-13-12(8-11)10(9-16-13)7-14(18)15-5-2-6-17/h3-4,8-9,16-17H,2,5-7H2,1H3,(H,15,18). The largest absolute Gasteiger partial charge is 0.497 e. The zero-order valence-electron chi connectivity index (χ0n) is 10.9. The Morgan fingerprint density at radius 2 is 2.32 bits per heavy atom. The SMILES string of the molecule is COc1ccc2[nH]cc(CC(=O)NCCCO)c2c1. The van der Waals surface area contributed by atoms with Gasteiger partial charge in [-0.05, 0) is 30.2 Å². The number of carbonyl (C=O) groups excluding carboxylic acids is 1. The van der Waals surface area contributed by atoms with E-state index in [2.05, 4.69) is 10.3 Å². The molecular weight excluding hydrogens is 244 g/mol. The molecule has 1 aromatic heterocycles. The number of hydrogen-bond donors (Lipinski definition) is 3. The molecule has 102 valence electrons. The van der Waals surface area contributed by atoms with E-state index in [0.29, 0.717) is 19.4 Å². The fraction of sp³-hybridized carbons (Fsp3) is 0.357. The lowest BCUT2D eigenvalue weighted by molar-refractivity contribution is -0.120. The number of rotatable bonds is 6. The number of H-pyrrole nitrogens is 1. The summed E-state index contributed by atoms with van der Waals surface area (Å²) in [5, 5.41) is 12.4. The topological polar surface area (TPSA) is 74.4 Å². The zero-order chi connectivity index (χ0) is 13.7. The minimum Gasteiger partial charge on any atom is -0.497 e. The summed E-state index contributed by atoms with van der Waals surface area (Å²) in [5.74, 6) is 0.728. The molecule has 0 aliphatic carbocycles. The van der Waals surface area contributed by atoms with Crippen molar-refractivity contribution in [3.63, 3.8) is 0 Å².